The number of carbonyl (C=O) groups is 4. The summed E-state index contributed by atoms with van der Waals surface area (Å²) in [7, 11) is -4.85. The number of ether oxygens (including phenoxy) is 4. The van der Waals surface area contributed by atoms with E-state index in [1.807, 2.05) is 0 Å². The Morgan fingerprint density at radius 2 is 0.702 bits per heavy atom. The van der Waals surface area contributed by atoms with E-state index in [1.165, 1.54) is 89.9 Å². The number of aliphatic hydroxyl groups is 2. The van der Waals surface area contributed by atoms with Gasteiger partial charge < -0.3 is 34.1 Å². The molecule has 57 heavy (non-hydrogen) atoms. The van der Waals surface area contributed by atoms with Crippen LogP contribution in [0.15, 0.2) is 0 Å². The van der Waals surface area contributed by atoms with Crippen molar-refractivity contribution in [2.45, 2.75) is 206 Å². The lowest BCUT2D eigenvalue weighted by atomic mass is 10.1. The number of phosphoric ester groups is 1. The second-order valence-electron chi connectivity index (χ2n) is 14.9. The second-order valence-corrected chi connectivity index (χ2v) is 16.3. The van der Waals surface area contributed by atoms with Crippen LogP contribution in [0, 0.1) is 0 Å². The molecule has 3 atom stereocenters. The predicted molar refractivity (Wildman–Crippen MR) is 218 cm³/mol. The molecule has 0 saturated carbocycles. The fraction of sp³-hybridized carbons (Fsp3) is 0.905. The van der Waals surface area contributed by atoms with Gasteiger partial charge in [-0.3, -0.25) is 28.2 Å². The number of rotatable bonds is 42. The van der Waals surface area contributed by atoms with Gasteiger partial charge in [0.15, 0.2) is 12.2 Å². The first kappa shape index (κ1) is 54.9. The van der Waals surface area contributed by atoms with Gasteiger partial charge in [-0.05, 0) is 25.7 Å². The van der Waals surface area contributed by atoms with Crippen molar-refractivity contribution in [3.63, 3.8) is 0 Å². The molecule has 0 saturated heterocycles. The molecule has 0 amide bonds. The van der Waals surface area contributed by atoms with Crippen LogP contribution in [0.3, 0.4) is 0 Å². The summed E-state index contributed by atoms with van der Waals surface area (Å²) in [6.45, 7) is 1.75. The summed E-state index contributed by atoms with van der Waals surface area (Å²) in [5.41, 5.74) is 0. The molecule has 0 radical (unpaired) electrons. The van der Waals surface area contributed by atoms with E-state index in [-0.39, 0.29) is 58.3 Å². The maximum atomic E-state index is 12.9. The molecule has 3 N–H and O–H groups in total. The third-order valence-electron chi connectivity index (χ3n) is 9.35. The highest BCUT2D eigenvalue weighted by molar-refractivity contribution is 7.47. The molecule has 0 aromatic rings. The molecule has 14 nitrogen and oxygen atoms in total. The highest BCUT2D eigenvalue weighted by Crippen LogP contribution is 2.43. The predicted octanol–water partition coefficient (Wildman–Crippen LogP) is 8.98. The van der Waals surface area contributed by atoms with E-state index in [4.69, 9.17) is 38.2 Å². The number of aliphatic hydroxyl groups excluding tert-OH is 2. The molecule has 0 aliphatic heterocycles. The third-order valence-corrected chi connectivity index (χ3v) is 10.3. The van der Waals surface area contributed by atoms with Crippen molar-refractivity contribution >= 4 is 31.7 Å². The van der Waals surface area contributed by atoms with Gasteiger partial charge in [-0.1, -0.05) is 142 Å². The Morgan fingerprint density at radius 1 is 0.421 bits per heavy atom. The number of carbonyl (C=O) groups excluding carboxylic acids is 4. The molecule has 0 aromatic heterocycles. The van der Waals surface area contributed by atoms with Gasteiger partial charge in [0.2, 0.25) is 0 Å². The van der Waals surface area contributed by atoms with Crippen molar-refractivity contribution in [2.24, 2.45) is 0 Å². The zero-order valence-electron chi connectivity index (χ0n) is 35.5. The van der Waals surface area contributed by atoms with E-state index in [0.29, 0.717) is 12.8 Å². The lowest BCUT2D eigenvalue weighted by Crippen LogP contribution is -2.31. The first-order chi connectivity index (χ1) is 27.6. The minimum atomic E-state index is -4.85. The van der Waals surface area contributed by atoms with Crippen LogP contribution in [0.5, 0.6) is 0 Å². The quantitative estimate of drug-likeness (QED) is 0.0228. The van der Waals surface area contributed by atoms with E-state index in [1.54, 1.807) is 0 Å². The molecule has 0 aliphatic carbocycles. The summed E-state index contributed by atoms with van der Waals surface area (Å²) in [6, 6.07) is 0. The van der Waals surface area contributed by atoms with Crippen LogP contribution in [0.1, 0.15) is 194 Å². The minimum absolute atomic E-state index is 0.0899. The van der Waals surface area contributed by atoms with Gasteiger partial charge in [0.25, 0.3) is 0 Å². The lowest BCUT2D eigenvalue weighted by molar-refractivity contribution is -0.162. The normalized spacial score (nSPS) is 13.4. The Balaban J connectivity index is 5.02. The molecule has 0 spiro atoms. The van der Waals surface area contributed by atoms with Crippen LogP contribution in [-0.4, -0.2) is 90.8 Å². The molecule has 0 fully saturated rings. The largest absolute Gasteiger partial charge is 0.472 e. The fourth-order valence-electron chi connectivity index (χ4n) is 5.94. The van der Waals surface area contributed by atoms with E-state index < -0.39 is 63.7 Å². The van der Waals surface area contributed by atoms with Crippen LogP contribution < -0.4 is 0 Å². The fourth-order valence-corrected chi connectivity index (χ4v) is 6.73. The van der Waals surface area contributed by atoms with Crippen LogP contribution in [0.25, 0.3) is 0 Å². The summed E-state index contributed by atoms with van der Waals surface area (Å²) in [6.07, 6.45) is 22.8. The van der Waals surface area contributed by atoms with Gasteiger partial charge in [-0.15, -0.1) is 0 Å². The van der Waals surface area contributed by atoms with Crippen molar-refractivity contribution in [1.29, 1.82) is 0 Å². The average Bonchev–Trinajstić information content (AvgIpc) is 3.19. The molecule has 0 heterocycles. The molecular formula is C42H79O14P. The van der Waals surface area contributed by atoms with Crippen LogP contribution >= 0.6 is 7.82 Å². The molecule has 0 aliphatic rings. The van der Waals surface area contributed by atoms with Crippen LogP contribution in [-0.2, 0) is 51.7 Å². The number of phosphoric acid groups is 1. The maximum absolute atomic E-state index is 12.9. The van der Waals surface area contributed by atoms with Crippen molar-refractivity contribution < 1.29 is 66.8 Å². The van der Waals surface area contributed by atoms with Crippen LogP contribution in [0.2, 0.25) is 0 Å². The summed E-state index contributed by atoms with van der Waals surface area (Å²) < 4.78 is 44.2. The van der Waals surface area contributed by atoms with Crippen molar-refractivity contribution in [3.8, 4) is 0 Å². The first-order valence-corrected chi connectivity index (χ1v) is 23.6. The molecule has 2 unspecified atom stereocenters. The van der Waals surface area contributed by atoms with Crippen molar-refractivity contribution in [1.82, 2.24) is 0 Å². The molecule has 0 rings (SSSR count). The zero-order valence-corrected chi connectivity index (χ0v) is 36.4. The van der Waals surface area contributed by atoms with Gasteiger partial charge >= 0.3 is 31.7 Å². The number of hydrogen-bond acceptors (Lipinski definition) is 13. The number of unbranched alkanes of at least 4 members (excludes halogenated alkanes) is 20. The van der Waals surface area contributed by atoms with Gasteiger partial charge in [0.1, 0.15) is 13.2 Å². The van der Waals surface area contributed by atoms with Gasteiger partial charge in [-0.25, -0.2) is 4.57 Å². The zero-order chi connectivity index (χ0) is 42.2. The van der Waals surface area contributed by atoms with Gasteiger partial charge in [0, 0.05) is 38.9 Å². The van der Waals surface area contributed by atoms with Gasteiger partial charge in [-0.2, -0.15) is 0 Å². The lowest BCUT2D eigenvalue weighted by Gasteiger charge is -2.22. The Morgan fingerprint density at radius 3 is 1.04 bits per heavy atom. The van der Waals surface area contributed by atoms with E-state index in [9.17, 15) is 28.6 Å². The van der Waals surface area contributed by atoms with Crippen molar-refractivity contribution in [3.05, 3.63) is 0 Å². The Kier molecular flexibility index (Phi) is 37.9. The second kappa shape index (κ2) is 39.4. The number of hydrogen-bond donors (Lipinski definition) is 3. The van der Waals surface area contributed by atoms with E-state index in [2.05, 4.69) is 13.8 Å². The topological polar surface area (TPSA) is 201 Å². The molecule has 336 valence electrons. The first-order valence-electron chi connectivity index (χ1n) is 22.1. The number of esters is 4. The Labute approximate surface area is 343 Å². The molecule has 0 aromatic carbocycles. The molecular weight excluding hydrogens is 759 g/mol. The summed E-state index contributed by atoms with van der Waals surface area (Å²) in [5, 5.41) is 17.9. The monoisotopic (exact) mass is 839 g/mol. The summed E-state index contributed by atoms with van der Waals surface area (Å²) in [4.78, 5) is 59.8. The molecule has 15 heteroatoms. The average molecular weight is 839 g/mol. The highest BCUT2D eigenvalue weighted by Gasteiger charge is 2.29. The highest BCUT2D eigenvalue weighted by atomic mass is 31.2. The van der Waals surface area contributed by atoms with Gasteiger partial charge in [0.05, 0.1) is 13.2 Å². The smallest absolute Gasteiger partial charge is 0.462 e. The summed E-state index contributed by atoms with van der Waals surface area (Å²) in [5.74, 6) is -2.45. The SMILES string of the molecule is CCCCCCCCCCCCCC(=O)OC[C@H](COP(=O)(O)OCC(COC(=O)CCCO)OC(=O)CCCO)OC(=O)CCCCCCCCCCCCC. The Hall–Kier alpha value is -2.09. The summed E-state index contributed by atoms with van der Waals surface area (Å²) >= 11 is 0. The van der Waals surface area contributed by atoms with Crippen molar-refractivity contribution in [2.75, 3.05) is 39.6 Å². The Bertz CT molecular complexity index is 1040. The minimum Gasteiger partial charge on any atom is -0.462 e. The standard InChI is InChI=1S/C42H79O14P/c1-3-5-7-9-11-13-15-17-19-21-23-27-39(45)51-33-37(55-41(47)28-24-22-20-18-16-14-12-10-8-6-4-2)35-53-57(49,50)54-36-38(56-42(48)30-26-32-44)34-52-40(46)29-25-31-43/h37-38,43-44H,3-36H2,1-2H3,(H,49,50)/t37-,38?/m1/s1. The van der Waals surface area contributed by atoms with E-state index >= 15 is 0 Å². The van der Waals surface area contributed by atoms with E-state index in [0.717, 1.165) is 38.5 Å². The third kappa shape index (κ3) is 37.9. The molecule has 0 bridgehead atoms. The maximum Gasteiger partial charge on any atom is 0.472 e. The van der Waals surface area contributed by atoms with Crippen LogP contribution in [0.4, 0.5) is 0 Å².